The molecule has 2 rings (SSSR count). The monoisotopic (exact) mass is 279 g/mol. The number of thiophene rings is 1. The van der Waals surface area contributed by atoms with Crippen molar-refractivity contribution in [3.63, 3.8) is 0 Å². The molecule has 1 unspecified atom stereocenters. The highest BCUT2D eigenvalue weighted by Crippen LogP contribution is 2.25. The van der Waals surface area contributed by atoms with Gasteiger partial charge in [-0.05, 0) is 22.6 Å². The molecule has 1 aromatic carbocycles. The van der Waals surface area contributed by atoms with Gasteiger partial charge in [-0.25, -0.2) is 0 Å². The van der Waals surface area contributed by atoms with Gasteiger partial charge in [-0.15, -0.1) is 11.3 Å². The first-order chi connectivity index (χ1) is 8.75. The molecule has 0 aliphatic rings. The van der Waals surface area contributed by atoms with Crippen molar-refractivity contribution in [3.8, 4) is 11.1 Å². The molecular formula is C14H17NOS2. The van der Waals surface area contributed by atoms with E-state index in [1.54, 1.807) is 17.6 Å². The predicted molar refractivity (Wildman–Crippen MR) is 80.4 cm³/mol. The Balaban J connectivity index is 1.89. The van der Waals surface area contributed by atoms with Gasteiger partial charge in [0.2, 0.25) is 0 Å². The minimum Gasteiger partial charge on any atom is -0.311 e. The van der Waals surface area contributed by atoms with Crippen LogP contribution in [0.25, 0.3) is 11.1 Å². The molecule has 1 heterocycles. The van der Waals surface area contributed by atoms with E-state index in [4.69, 9.17) is 0 Å². The predicted octanol–water partition coefficient (Wildman–Crippen LogP) is 2.88. The number of hydrogen-bond donors (Lipinski definition) is 1. The Labute approximate surface area is 115 Å². The molecule has 0 bridgehead atoms. The maximum Gasteiger partial charge on any atom is 0.0357 e. The third kappa shape index (κ3) is 4.05. The van der Waals surface area contributed by atoms with Crippen molar-refractivity contribution >= 4 is 22.1 Å². The van der Waals surface area contributed by atoms with Crippen molar-refractivity contribution in [3.05, 3.63) is 46.7 Å². The van der Waals surface area contributed by atoms with Gasteiger partial charge >= 0.3 is 0 Å². The fourth-order valence-electron chi connectivity index (χ4n) is 1.68. The quantitative estimate of drug-likeness (QED) is 0.824. The molecule has 0 amide bonds. The molecule has 18 heavy (non-hydrogen) atoms. The van der Waals surface area contributed by atoms with Crippen molar-refractivity contribution in [2.45, 2.75) is 6.54 Å². The normalized spacial score (nSPS) is 12.5. The Morgan fingerprint density at radius 2 is 2.00 bits per heavy atom. The first-order valence-electron chi connectivity index (χ1n) is 5.89. The fourth-order valence-corrected chi connectivity index (χ4v) is 2.98. The summed E-state index contributed by atoms with van der Waals surface area (Å²) >= 11 is 1.76. The standard InChI is InChI=1S/C14H17NOS2/c1-18(16)8-7-15-10-14-9-13(11-17-14)12-5-3-2-4-6-12/h2-6,9,11,15H,7-8,10H2,1H3. The van der Waals surface area contributed by atoms with Crippen molar-refractivity contribution in [2.75, 3.05) is 18.6 Å². The summed E-state index contributed by atoms with van der Waals surface area (Å²) < 4.78 is 10.9. The molecule has 96 valence electrons. The molecule has 2 aromatic rings. The van der Waals surface area contributed by atoms with Crippen LogP contribution < -0.4 is 5.32 Å². The molecule has 2 nitrogen and oxygen atoms in total. The number of benzene rings is 1. The van der Waals surface area contributed by atoms with Crippen LogP contribution in [0, 0.1) is 0 Å². The molecule has 0 fully saturated rings. The van der Waals surface area contributed by atoms with Crippen molar-refractivity contribution in [1.29, 1.82) is 0 Å². The Hall–Kier alpha value is -0.970. The van der Waals surface area contributed by atoms with Crippen molar-refractivity contribution in [1.82, 2.24) is 5.32 Å². The van der Waals surface area contributed by atoms with Crippen LogP contribution in [0.1, 0.15) is 4.88 Å². The Morgan fingerprint density at radius 1 is 1.22 bits per heavy atom. The molecule has 0 aliphatic heterocycles. The second-order valence-electron chi connectivity index (χ2n) is 4.12. The van der Waals surface area contributed by atoms with Gasteiger partial charge in [-0.2, -0.15) is 0 Å². The van der Waals surface area contributed by atoms with Crippen LogP contribution in [-0.2, 0) is 17.3 Å². The lowest BCUT2D eigenvalue weighted by atomic mass is 10.1. The molecule has 1 atom stereocenters. The summed E-state index contributed by atoms with van der Waals surface area (Å²) in [5.74, 6) is 0.719. The molecule has 0 aliphatic carbocycles. The Bertz CT molecular complexity index is 508. The van der Waals surface area contributed by atoms with E-state index in [9.17, 15) is 4.21 Å². The first-order valence-corrected chi connectivity index (χ1v) is 8.50. The number of nitrogens with one attached hydrogen (secondary N) is 1. The van der Waals surface area contributed by atoms with Crippen LogP contribution >= 0.6 is 11.3 Å². The van der Waals surface area contributed by atoms with Crippen LogP contribution in [0.4, 0.5) is 0 Å². The highest BCUT2D eigenvalue weighted by molar-refractivity contribution is 7.84. The minimum absolute atomic E-state index is 0.707. The van der Waals surface area contributed by atoms with E-state index >= 15 is 0 Å². The molecule has 4 heteroatoms. The summed E-state index contributed by atoms with van der Waals surface area (Å²) in [7, 11) is -0.707. The van der Waals surface area contributed by atoms with Gasteiger partial charge in [0.1, 0.15) is 0 Å². The molecule has 1 aromatic heterocycles. The smallest absolute Gasteiger partial charge is 0.0357 e. The van der Waals surface area contributed by atoms with E-state index in [0.717, 1.165) is 18.8 Å². The summed E-state index contributed by atoms with van der Waals surface area (Å²) in [6, 6.07) is 12.6. The Morgan fingerprint density at radius 3 is 2.72 bits per heavy atom. The summed E-state index contributed by atoms with van der Waals surface area (Å²) in [6.07, 6.45) is 1.74. The van der Waals surface area contributed by atoms with Gasteiger partial charge in [0.15, 0.2) is 0 Å². The van der Waals surface area contributed by atoms with E-state index in [2.05, 4.69) is 41.0 Å². The van der Waals surface area contributed by atoms with Crippen molar-refractivity contribution < 1.29 is 4.21 Å². The van der Waals surface area contributed by atoms with E-state index in [0.29, 0.717) is 0 Å². The fraction of sp³-hybridized carbons (Fsp3) is 0.286. The van der Waals surface area contributed by atoms with Crippen LogP contribution in [-0.4, -0.2) is 22.8 Å². The molecule has 1 N–H and O–H groups in total. The summed E-state index contributed by atoms with van der Waals surface area (Å²) in [5.41, 5.74) is 2.53. The average Bonchev–Trinajstić information content (AvgIpc) is 2.84. The number of hydrogen-bond acceptors (Lipinski definition) is 3. The first kappa shape index (κ1) is 13.5. The second-order valence-corrected chi connectivity index (χ2v) is 6.67. The van der Waals surface area contributed by atoms with Gasteiger partial charge in [0.25, 0.3) is 0 Å². The van der Waals surface area contributed by atoms with E-state index < -0.39 is 10.8 Å². The molecule has 0 saturated heterocycles. The highest BCUT2D eigenvalue weighted by Gasteiger charge is 2.01. The third-order valence-electron chi connectivity index (χ3n) is 2.63. The van der Waals surface area contributed by atoms with E-state index in [1.807, 2.05) is 6.07 Å². The Kier molecular flexibility index (Phi) is 5.11. The van der Waals surface area contributed by atoms with E-state index in [1.165, 1.54) is 16.0 Å². The number of rotatable bonds is 6. The largest absolute Gasteiger partial charge is 0.311 e. The van der Waals surface area contributed by atoms with Gasteiger partial charge in [-0.3, -0.25) is 4.21 Å². The zero-order valence-electron chi connectivity index (χ0n) is 10.4. The topological polar surface area (TPSA) is 29.1 Å². The van der Waals surface area contributed by atoms with Crippen LogP contribution in [0.15, 0.2) is 41.8 Å². The van der Waals surface area contributed by atoms with Crippen LogP contribution in [0.3, 0.4) is 0 Å². The van der Waals surface area contributed by atoms with Crippen LogP contribution in [0.5, 0.6) is 0 Å². The lowest BCUT2D eigenvalue weighted by Crippen LogP contribution is -2.18. The summed E-state index contributed by atoms with van der Waals surface area (Å²) in [6.45, 7) is 1.66. The van der Waals surface area contributed by atoms with E-state index in [-0.39, 0.29) is 0 Å². The minimum atomic E-state index is -0.707. The van der Waals surface area contributed by atoms with Gasteiger partial charge in [-0.1, -0.05) is 30.3 Å². The lowest BCUT2D eigenvalue weighted by molar-refractivity contribution is 0.678. The zero-order chi connectivity index (χ0) is 12.8. The maximum absolute atomic E-state index is 10.9. The summed E-state index contributed by atoms with van der Waals surface area (Å²) in [4.78, 5) is 1.32. The maximum atomic E-state index is 10.9. The third-order valence-corrected chi connectivity index (χ3v) is 4.34. The zero-order valence-corrected chi connectivity index (χ0v) is 12.0. The van der Waals surface area contributed by atoms with Crippen molar-refractivity contribution in [2.24, 2.45) is 0 Å². The molecule has 0 spiro atoms. The second kappa shape index (κ2) is 6.83. The SMILES string of the molecule is CS(=O)CCNCc1cc(-c2ccccc2)cs1. The average molecular weight is 279 g/mol. The molecule has 0 radical (unpaired) electrons. The van der Waals surface area contributed by atoms with Gasteiger partial charge < -0.3 is 5.32 Å². The lowest BCUT2D eigenvalue weighted by Gasteiger charge is -2.00. The molecular weight excluding hydrogens is 262 g/mol. The summed E-state index contributed by atoms with van der Waals surface area (Å²) in [5, 5.41) is 5.50. The molecule has 0 saturated carbocycles. The van der Waals surface area contributed by atoms with Gasteiger partial charge in [0.05, 0.1) is 0 Å². The highest BCUT2D eigenvalue weighted by atomic mass is 32.2. The van der Waals surface area contributed by atoms with Crippen LogP contribution in [0.2, 0.25) is 0 Å². The van der Waals surface area contributed by atoms with Gasteiger partial charge in [0, 0.05) is 40.8 Å².